The predicted octanol–water partition coefficient (Wildman–Crippen LogP) is 0.247. The van der Waals surface area contributed by atoms with Gasteiger partial charge in [0.1, 0.15) is 18.0 Å². The molecule has 176 valence electrons. The van der Waals surface area contributed by atoms with Crippen molar-refractivity contribution >= 4 is 11.7 Å². The summed E-state index contributed by atoms with van der Waals surface area (Å²) in [4.78, 5) is 28.2. The Labute approximate surface area is 190 Å². The Morgan fingerprint density at radius 1 is 1.22 bits per heavy atom. The molecule has 0 spiro atoms. The number of carbonyl (C=O) groups excluding carboxylic acids is 2. The molecule has 9 heteroatoms. The summed E-state index contributed by atoms with van der Waals surface area (Å²) in [6.45, 7) is 8.55. The third-order valence-electron chi connectivity index (χ3n) is 6.59. The van der Waals surface area contributed by atoms with Crippen molar-refractivity contribution in [3.05, 3.63) is 29.3 Å². The van der Waals surface area contributed by atoms with Gasteiger partial charge in [-0.2, -0.15) is 0 Å². The van der Waals surface area contributed by atoms with Crippen molar-refractivity contribution in [3.8, 4) is 5.75 Å². The molecular formula is C23H36N6O3. The fourth-order valence-corrected chi connectivity index (χ4v) is 5.01. The quantitative estimate of drug-likeness (QED) is 0.424. The summed E-state index contributed by atoms with van der Waals surface area (Å²) in [6.07, 6.45) is 1.59. The molecule has 4 N–H and O–H groups in total. The minimum absolute atomic E-state index is 0.0200. The zero-order valence-electron chi connectivity index (χ0n) is 19.3. The van der Waals surface area contributed by atoms with Crippen LogP contribution in [-0.2, 0) is 4.79 Å². The number of likely N-dealkylation sites (N-methyl/N-ethyl adjacent to an activating group) is 1. The zero-order chi connectivity index (χ0) is 22.7. The molecule has 4 atom stereocenters. The number of hydrogen-bond donors (Lipinski definition) is 4. The van der Waals surface area contributed by atoms with Gasteiger partial charge in [-0.05, 0) is 31.5 Å². The maximum absolute atomic E-state index is 13.0. The maximum Gasteiger partial charge on any atom is 0.241 e. The minimum Gasteiger partial charge on any atom is -0.493 e. The average Bonchev–Trinajstić information content (AvgIpc) is 3.10. The Kier molecular flexibility index (Phi) is 7.42. The maximum atomic E-state index is 13.0. The van der Waals surface area contributed by atoms with Gasteiger partial charge in [0.15, 0.2) is 5.78 Å². The molecule has 3 saturated heterocycles. The van der Waals surface area contributed by atoms with Crippen LogP contribution >= 0.6 is 0 Å². The zero-order valence-corrected chi connectivity index (χ0v) is 19.3. The number of hydrogen-bond acceptors (Lipinski definition) is 8. The third-order valence-corrected chi connectivity index (χ3v) is 6.59. The van der Waals surface area contributed by atoms with Crippen LogP contribution in [-0.4, -0.2) is 86.1 Å². The number of carbonyl (C=O) groups is 2. The molecule has 1 amide bonds. The molecule has 4 rings (SSSR count). The van der Waals surface area contributed by atoms with E-state index in [1.165, 1.54) is 0 Å². The number of benzene rings is 1. The normalized spacial score (nSPS) is 28.9. The largest absolute Gasteiger partial charge is 0.493 e. The minimum atomic E-state index is -0.412. The van der Waals surface area contributed by atoms with Crippen molar-refractivity contribution in [2.24, 2.45) is 0 Å². The fourth-order valence-electron chi connectivity index (χ4n) is 5.01. The number of nitrogens with zero attached hydrogens (tertiary/aromatic N) is 2. The highest BCUT2D eigenvalue weighted by Crippen LogP contribution is 2.31. The highest BCUT2D eigenvalue weighted by Gasteiger charge is 2.48. The SMILES string of the molecule is CCCC1NN(C)C2C(=O)NC(c3cc(C(=O)CN4CCNCC4)ccc3OCC)NC12. The molecule has 9 nitrogen and oxygen atoms in total. The van der Waals surface area contributed by atoms with Crippen LogP contribution in [0.3, 0.4) is 0 Å². The second-order valence-corrected chi connectivity index (χ2v) is 8.85. The lowest BCUT2D eigenvalue weighted by molar-refractivity contribution is -0.129. The summed E-state index contributed by atoms with van der Waals surface area (Å²) in [7, 11) is 1.91. The van der Waals surface area contributed by atoms with Crippen LogP contribution in [0.25, 0.3) is 0 Å². The number of nitrogens with one attached hydrogen (secondary N) is 4. The molecule has 0 radical (unpaired) electrons. The molecular weight excluding hydrogens is 408 g/mol. The van der Waals surface area contributed by atoms with Gasteiger partial charge in [-0.25, -0.2) is 10.4 Å². The number of rotatable bonds is 8. The molecule has 32 heavy (non-hydrogen) atoms. The number of Topliss-reactive ketones (excluding diaryl/α,β-unsaturated/α-hetero) is 1. The Morgan fingerprint density at radius 3 is 2.72 bits per heavy atom. The van der Waals surface area contributed by atoms with E-state index < -0.39 is 6.17 Å². The topological polar surface area (TPSA) is 98.0 Å². The van der Waals surface area contributed by atoms with Gasteiger partial charge in [0.25, 0.3) is 0 Å². The second-order valence-electron chi connectivity index (χ2n) is 8.85. The Balaban J connectivity index is 1.57. The van der Waals surface area contributed by atoms with Crippen molar-refractivity contribution in [1.82, 2.24) is 31.3 Å². The van der Waals surface area contributed by atoms with Gasteiger partial charge in [-0.1, -0.05) is 13.3 Å². The number of ketones is 1. The van der Waals surface area contributed by atoms with Crippen molar-refractivity contribution in [2.45, 2.75) is 51.0 Å². The summed E-state index contributed by atoms with van der Waals surface area (Å²) in [5.41, 5.74) is 4.87. The number of piperazine rings is 1. The van der Waals surface area contributed by atoms with Gasteiger partial charge >= 0.3 is 0 Å². The van der Waals surface area contributed by atoms with Gasteiger partial charge in [0.2, 0.25) is 5.91 Å². The van der Waals surface area contributed by atoms with Crippen LogP contribution in [0.15, 0.2) is 18.2 Å². The lowest BCUT2D eigenvalue weighted by Gasteiger charge is -2.37. The van der Waals surface area contributed by atoms with E-state index in [1.807, 2.05) is 37.2 Å². The van der Waals surface area contributed by atoms with E-state index in [0.29, 0.717) is 24.5 Å². The first-order chi connectivity index (χ1) is 15.5. The van der Waals surface area contributed by atoms with E-state index in [4.69, 9.17) is 4.74 Å². The van der Waals surface area contributed by atoms with E-state index in [0.717, 1.165) is 44.6 Å². The van der Waals surface area contributed by atoms with Crippen molar-refractivity contribution in [1.29, 1.82) is 0 Å². The van der Waals surface area contributed by atoms with Crippen LogP contribution in [0, 0.1) is 0 Å². The Bertz CT molecular complexity index is 828. The van der Waals surface area contributed by atoms with Gasteiger partial charge in [-0.15, -0.1) is 0 Å². The molecule has 0 aliphatic carbocycles. The lowest BCUT2D eigenvalue weighted by Crippen LogP contribution is -2.62. The van der Waals surface area contributed by atoms with Crippen molar-refractivity contribution in [3.63, 3.8) is 0 Å². The van der Waals surface area contributed by atoms with Crippen LogP contribution in [0.1, 0.15) is 48.8 Å². The molecule has 4 unspecified atom stereocenters. The number of hydrazine groups is 1. The first-order valence-corrected chi connectivity index (χ1v) is 11.8. The van der Waals surface area contributed by atoms with E-state index in [-0.39, 0.29) is 29.8 Å². The predicted molar refractivity (Wildman–Crippen MR) is 122 cm³/mol. The van der Waals surface area contributed by atoms with Crippen LogP contribution in [0.5, 0.6) is 5.75 Å². The van der Waals surface area contributed by atoms with Gasteiger partial charge in [0.05, 0.1) is 19.2 Å². The summed E-state index contributed by atoms with van der Waals surface area (Å²) in [5.74, 6) is 0.753. The smallest absolute Gasteiger partial charge is 0.241 e. The van der Waals surface area contributed by atoms with Crippen LogP contribution < -0.4 is 26.1 Å². The van der Waals surface area contributed by atoms with Gasteiger partial charge < -0.3 is 15.4 Å². The van der Waals surface area contributed by atoms with E-state index in [2.05, 4.69) is 33.2 Å². The van der Waals surface area contributed by atoms with Crippen molar-refractivity contribution < 1.29 is 14.3 Å². The molecule has 3 aliphatic heterocycles. The molecule has 3 fully saturated rings. The summed E-state index contributed by atoms with van der Waals surface area (Å²) in [6, 6.07) is 5.46. The monoisotopic (exact) mass is 444 g/mol. The molecule has 1 aromatic carbocycles. The number of fused-ring (bicyclic) bond motifs is 1. The van der Waals surface area contributed by atoms with E-state index in [9.17, 15) is 9.59 Å². The lowest BCUT2D eigenvalue weighted by atomic mass is 9.94. The first kappa shape index (κ1) is 23.1. The van der Waals surface area contributed by atoms with E-state index >= 15 is 0 Å². The molecule has 0 saturated carbocycles. The van der Waals surface area contributed by atoms with E-state index in [1.54, 1.807) is 0 Å². The van der Waals surface area contributed by atoms with Crippen molar-refractivity contribution in [2.75, 3.05) is 46.4 Å². The molecule has 1 aromatic rings. The highest BCUT2D eigenvalue weighted by molar-refractivity contribution is 5.98. The second kappa shape index (κ2) is 10.3. The molecule has 0 aromatic heterocycles. The average molecular weight is 445 g/mol. The Morgan fingerprint density at radius 2 is 2.00 bits per heavy atom. The third kappa shape index (κ3) is 4.82. The highest BCUT2D eigenvalue weighted by atomic mass is 16.5. The van der Waals surface area contributed by atoms with Crippen LogP contribution in [0.2, 0.25) is 0 Å². The number of amides is 1. The molecule has 0 bridgehead atoms. The van der Waals surface area contributed by atoms with Gasteiger partial charge in [0, 0.05) is 50.4 Å². The standard InChI is InChI=1S/C23H36N6O3/c1-4-6-17-20-21(28(3)27-17)23(31)26-22(25-20)16-13-15(7-8-19(16)32-5-2)18(30)14-29-11-9-24-10-12-29/h7-8,13,17,20-22,24-25,27H,4-6,9-12,14H2,1-3H3,(H,26,31). The molecule has 3 aliphatic rings. The van der Waals surface area contributed by atoms with Gasteiger partial charge in [-0.3, -0.25) is 19.8 Å². The summed E-state index contributed by atoms with van der Waals surface area (Å²) < 4.78 is 5.87. The first-order valence-electron chi connectivity index (χ1n) is 11.8. The van der Waals surface area contributed by atoms with Crippen LogP contribution in [0.4, 0.5) is 0 Å². The fraction of sp³-hybridized carbons (Fsp3) is 0.652. The Hall–Kier alpha value is -2.04. The summed E-state index contributed by atoms with van der Waals surface area (Å²) >= 11 is 0. The molecule has 3 heterocycles. The summed E-state index contributed by atoms with van der Waals surface area (Å²) in [5, 5.41) is 11.9. The number of ether oxygens (including phenoxy) is 1.